The van der Waals surface area contributed by atoms with Crippen molar-refractivity contribution >= 4 is 27.5 Å². The number of hydrogen-bond acceptors (Lipinski definition) is 1. The Morgan fingerprint density at radius 3 is 2.33 bits per heavy atom. The van der Waals surface area contributed by atoms with E-state index >= 15 is 0 Å². The van der Waals surface area contributed by atoms with Crippen LogP contribution in [0.1, 0.15) is 12.5 Å². The SMILES string of the molecule is CC(Br)=C(C=CC(=O)O)c1ccccc1. The van der Waals surface area contributed by atoms with E-state index < -0.39 is 5.97 Å². The predicted octanol–water partition coefficient (Wildman–Crippen LogP) is 3.45. The average Bonchev–Trinajstić information content (AvgIpc) is 2.18. The minimum Gasteiger partial charge on any atom is -0.478 e. The zero-order chi connectivity index (χ0) is 11.3. The Labute approximate surface area is 97.1 Å². The second-order valence-corrected chi connectivity index (χ2v) is 4.17. The molecule has 0 spiro atoms. The van der Waals surface area contributed by atoms with Gasteiger partial charge in [0.25, 0.3) is 0 Å². The molecule has 2 nitrogen and oxygen atoms in total. The number of halogens is 1. The molecule has 0 bridgehead atoms. The third-order valence-electron chi connectivity index (χ3n) is 1.85. The van der Waals surface area contributed by atoms with Crippen molar-refractivity contribution in [2.75, 3.05) is 0 Å². The number of carboxylic acid groups (broad SMARTS) is 1. The first-order valence-electron chi connectivity index (χ1n) is 4.44. The van der Waals surface area contributed by atoms with E-state index in [0.717, 1.165) is 21.7 Å². The summed E-state index contributed by atoms with van der Waals surface area (Å²) < 4.78 is 0.909. The van der Waals surface area contributed by atoms with Gasteiger partial charge in [-0.05, 0) is 28.6 Å². The molecule has 0 amide bonds. The first-order valence-corrected chi connectivity index (χ1v) is 5.23. The third-order valence-corrected chi connectivity index (χ3v) is 2.28. The zero-order valence-corrected chi connectivity index (χ0v) is 9.86. The van der Waals surface area contributed by atoms with Crippen LogP contribution in [0.2, 0.25) is 0 Å². The Morgan fingerprint density at radius 2 is 1.87 bits per heavy atom. The summed E-state index contributed by atoms with van der Waals surface area (Å²) in [5.74, 6) is -0.947. The van der Waals surface area contributed by atoms with Crippen molar-refractivity contribution in [2.45, 2.75) is 6.92 Å². The van der Waals surface area contributed by atoms with E-state index in [-0.39, 0.29) is 0 Å². The van der Waals surface area contributed by atoms with Crippen LogP contribution in [-0.4, -0.2) is 11.1 Å². The van der Waals surface area contributed by atoms with E-state index in [0.29, 0.717) is 0 Å². The lowest BCUT2D eigenvalue weighted by molar-refractivity contribution is -0.131. The largest absolute Gasteiger partial charge is 0.478 e. The van der Waals surface area contributed by atoms with Gasteiger partial charge in [0.05, 0.1) is 0 Å². The summed E-state index contributed by atoms with van der Waals surface area (Å²) in [6.45, 7) is 1.88. The van der Waals surface area contributed by atoms with Crippen LogP contribution in [0.3, 0.4) is 0 Å². The maximum atomic E-state index is 10.4. The standard InChI is InChI=1S/C12H11BrO2/c1-9(13)11(7-8-12(14)15)10-5-3-2-4-6-10/h2-8H,1H3,(H,14,15). The summed E-state index contributed by atoms with van der Waals surface area (Å²) in [5.41, 5.74) is 1.86. The molecular weight excluding hydrogens is 256 g/mol. The molecular formula is C12H11BrO2. The Bertz CT molecular complexity index is 401. The van der Waals surface area contributed by atoms with Gasteiger partial charge in [-0.3, -0.25) is 0 Å². The molecule has 0 unspecified atom stereocenters. The van der Waals surface area contributed by atoms with Crippen LogP contribution >= 0.6 is 15.9 Å². The molecule has 1 aromatic rings. The summed E-state index contributed by atoms with van der Waals surface area (Å²) in [5, 5.41) is 8.57. The zero-order valence-electron chi connectivity index (χ0n) is 8.27. The molecule has 0 fully saturated rings. The molecule has 78 valence electrons. The van der Waals surface area contributed by atoms with E-state index in [1.807, 2.05) is 37.3 Å². The normalized spacial score (nSPS) is 12.7. The number of hydrogen-bond donors (Lipinski definition) is 1. The number of rotatable bonds is 3. The van der Waals surface area contributed by atoms with Gasteiger partial charge in [0.1, 0.15) is 0 Å². The van der Waals surface area contributed by atoms with Gasteiger partial charge in [-0.25, -0.2) is 4.79 Å². The van der Waals surface area contributed by atoms with Crippen LogP contribution < -0.4 is 0 Å². The van der Waals surface area contributed by atoms with Crippen molar-refractivity contribution in [1.29, 1.82) is 0 Å². The molecule has 0 heterocycles. The molecule has 0 radical (unpaired) electrons. The molecule has 1 rings (SSSR count). The molecule has 3 heteroatoms. The molecule has 0 saturated heterocycles. The summed E-state index contributed by atoms with van der Waals surface area (Å²) in [4.78, 5) is 10.4. The Kier molecular flexibility index (Phi) is 4.31. The monoisotopic (exact) mass is 266 g/mol. The fourth-order valence-electron chi connectivity index (χ4n) is 1.18. The van der Waals surface area contributed by atoms with Gasteiger partial charge in [-0.1, -0.05) is 46.3 Å². The van der Waals surface area contributed by atoms with Crippen LogP contribution in [0.25, 0.3) is 5.57 Å². The molecule has 0 saturated carbocycles. The van der Waals surface area contributed by atoms with E-state index in [1.165, 1.54) is 0 Å². The van der Waals surface area contributed by atoms with Crippen LogP contribution in [0.4, 0.5) is 0 Å². The second kappa shape index (κ2) is 5.51. The highest BCUT2D eigenvalue weighted by molar-refractivity contribution is 9.11. The molecule has 1 N–H and O–H groups in total. The second-order valence-electron chi connectivity index (χ2n) is 2.98. The quantitative estimate of drug-likeness (QED) is 0.672. The number of carboxylic acids is 1. The van der Waals surface area contributed by atoms with Gasteiger partial charge in [-0.15, -0.1) is 0 Å². The van der Waals surface area contributed by atoms with Gasteiger partial charge in [0, 0.05) is 6.08 Å². The number of benzene rings is 1. The topological polar surface area (TPSA) is 37.3 Å². The summed E-state index contributed by atoms with van der Waals surface area (Å²) in [7, 11) is 0. The van der Waals surface area contributed by atoms with Crippen molar-refractivity contribution in [3.8, 4) is 0 Å². The Hall–Kier alpha value is -1.35. The van der Waals surface area contributed by atoms with Crippen LogP contribution in [0, 0.1) is 0 Å². The van der Waals surface area contributed by atoms with E-state index in [4.69, 9.17) is 5.11 Å². The molecule has 0 aliphatic rings. The number of allylic oxidation sites excluding steroid dienone is 3. The summed E-state index contributed by atoms with van der Waals surface area (Å²) in [6.07, 6.45) is 2.72. The van der Waals surface area contributed by atoms with Gasteiger partial charge >= 0.3 is 5.97 Å². The smallest absolute Gasteiger partial charge is 0.328 e. The maximum absolute atomic E-state index is 10.4. The fourth-order valence-corrected chi connectivity index (χ4v) is 1.54. The molecule has 0 aliphatic heterocycles. The lowest BCUT2D eigenvalue weighted by Crippen LogP contribution is -1.88. The molecule has 0 aromatic heterocycles. The minimum absolute atomic E-state index is 0.873. The van der Waals surface area contributed by atoms with Crippen molar-refractivity contribution in [2.24, 2.45) is 0 Å². The fraction of sp³-hybridized carbons (Fsp3) is 0.0833. The highest BCUT2D eigenvalue weighted by Crippen LogP contribution is 2.23. The average molecular weight is 267 g/mol. The van der Waals surface area contributed by atoms with Crippen molar-refractivity contribution in [3.63, 3.8) is 0 Å². The van der Waals surface area contributed by atoms with Crippen molar-refractivity contribution in [3.05, 3.63) is 52.5 Å². The first-order chi connectivity index (χ1) is 7.11. The molecule has 0 aliphatic carbocycles. The predicted molar refractivity (Wildman–Crippen MR) is 64.7 cm³/mol. The van der Waals surface area contributed by atoms with Gasteiger partial charge in [-0.2, -0.15) is 0 Å². The van der Waals surface area contributed by atoms with E-state index in [1.54, 1.807) is 6.08 Å². The Balaban J connectivity index is 3.07. The maximum Gasteiger partial charge on any atom is 0.328 e. The van der Waals surface area contributed by atoms with Crippen molar-refractivity contribution in [1.82, 2.24) is 0 Å². The number of aliphatic carboxylic acids is 1. The van der Waals surface area contributed by atoms with Gasteiger partial charge < -0.3 is 5.11 Å². The minimum atomic E-state index is -0.947. The van der Waals surface area contributed by atoms with Crippen LogP contribution in [0.5, 0.6) is 0 Å². The molecule has 0 atom stereocenters. The van der Waals surface area contributed by atoms with Crippen molar-refractivity contribution < 1.29 is 9.90 Å². The first kappa shape index (κ1) is 11.7. The van der Waals surface area contributed by atoms with Crippen LogP contribution in [-0.2, 0) is 4.79 Å². The lowest BCUT2D eigenvalue weighted by Gasteiger charge is -2.03. The van der Waals surface area contributed by atoms with Crippen LogP contribution in [0.15, 0.2) is 47.0 Å². The Morgan fingerprint density at radius 1 is 1.27 bits per heavy atom. The lowest BCUT2D eigenvalue weighted by atomic mass is 10.1. The van der Waals surface area contributed by atoms with E-state index in [2.05, 4.69) is 15.9 Å². The molecule has 15 heavy (non-hydrogen) atoms. The summed E-state index contributed by atoms with van der Waals surface area (Å²) in [6, 6.07) is 9.63. The third kappa shape index (κ3) is 3.72. The van der Waals surface area contributed by atoms with Gasteiger partial charge in [0.15, 0.2) is 0 Å². The van der Waals surface area contributed by atoms with Gasteiger partial charge in [0.2, 0.25) is 0 Å². The highest BCUT2D eigenvalue weighted by Gasteiger charge is 2.00. The van der Waals surface area contributed by atoms with E-state index in [9.17, 15) is 4.79 Å². The molecule has 1 aromatic carbocycles. The number of carbonyl (C=O) groups is 1. The summed E-state index contributed by atoms with van der Waals surface area (Å²) >= 11 is 3.36. The highest BCUT2D eigenvalue weighted by atomic mass is 79.9.